The molecule has 1 aliphatic rings. The first kappa shape index (κ1) is 21.1. The van der Waals surface area contributed by atoms with Crippen molar-refractivity contribution >= 4 is 38.8 Å². The molecular weight excluding hydrogens is 416 g/mol. The van der Waals surface area contributed by atoms with Crippen LogP contribution in [0.15, 0.2) is 36.4 Å². The number of nitro groups is 1. The zero-order valence-electron chi connectivity index (χ0n) is 17.5. The van der Waals surface area contributed by atoms with Crippen LogP contribution in [0, 0.1) is 15.5 Å². The lowest BCUT2D eigenvalue weighted by molar-refractivity contribution is -0.384. The number of Topliss-reactive ketones (excluding diaryl/α,β-unsaturated/α-hetero) is 2. The van der Waals surface area contributed by atoms with Crippen LogP contribution in [0.5, 0.6) is 10.9 Å². The Morgan fingerprint density at radius 1 is 1.16 bits per heavy atom. The third-order valence-corrected chi connectivity index (χ3v) is 6.42. The number of hydrogen-bond acceptors (Lipinski definition) is 7. The van der Waals surface area contributed by atoms with Crippen LogP contribution in [0.3, 0.4) is 0 Å². The summed E-state index contributed by atoms with van der Waals surface area (Å²) < 4.78 is 6.57. The van der Waals surface area contributed by atoms with Gasteiger partial charge in [-0.25, -0.2) is 4.98 Å². The Hall–Kier alpha value is -3.13. The molecule has 1 saturated carbocycles. The van der Waals surface area contributed by atoms with Gasteiger partial charge in [-0.3, -0.25) is 19.7 Å². The van der Waals surface area contributed by atoms with Gasteiger partial charge in [0.15, 0.2) is 0 Å². The zero-order valence-corrected chi connectivity index (χ0v) is 18.3. The fourth-order valence-electron chi connectivity index (χ4n) is 4.11. The normalized spacial score (nSPS) is 16.6. The van der Waals surface area contributed by atoms with Crippen molar-refractivity contribution in [1.82, 2.24) is 4.98 Å². The Morgan fingerprint density at radius 2 is 1.87 bits per heavy atom. The summed E-state index contributed by atoms with van der Waals surface area (Å²) in [7, 11) is 0. The Labute approximate surface area is 183 Å². The summed E-state index contributed by atoms with van der Waals surface area (Å²) in [6.45, 7) is 5.87. The summed E-state index contributed by atoms with van der Waals surface area (Å²) >= 11 is 1.20. The molecule has 1 heterocycles. The highest BCUT2D eigenvalue weighted by Gasteiger charge is 2.41. The average molecular weight is 439 g/mol. The summed E-state index contributed by atoms with van der Waals surface area (Å²) in [5.41, 5.74) is 1.93. The first-order valence-electron chi connectivity index (χ1n) is 10.1. The van der Waals surface area contributed by atoms with Gasteiger partial charge in [-0.1, -0.05) is 38.2 Å². The first-order valence-corrected chi connectivity index (χ1v) is 10.9. The third-order valence-electron chi connectivity index (χ3n) is 5.53. The summed E-state index contributed by atoms with van der Waals surface area (Å²) in [4.78, 5) is 40.6. The van der Waals surface area contributed by atoms with Gasteiger partial charge < -0.3 is 4.74 Å². The van der Waals surface area contributed by atoms with E-state index in [0.717, 1.165) is 5.56 Å². The van der Waals surface area contributed by atoms with E-state index < -0.39 is 10.8 Å². The Morgan fingerprint density at radius 3 is 2.52 bits per heavy atom. The molecule has 0 atom stereocenters. The number of benzene rings is 2. The molecule has 0 bridgehead atoms. The molecule has 31 heavy (non-hydrogen) atoms. The molecule has 1 aromatic heterocycles. The monoisotopic (exact) mass is 438 g/mol. The van der Waals surface area contributed by atoms with Crippen LogP contribution in [0.25, 0.3) is 10.2 Å². The number of aromatic nitrogens is 1. The van der Waals surface area contributed by atoms with E-state index in [2.05, 4.69) is 4.98 Å². The van der Waals surface area contributed by atoms with Crippen LogP contribution in [-0.2, 0) is 16.0 Å². The van der Waals surface area contributed by atoms with Crippen LogP contribution in [0.2, 0.25) is 0 Å². The van der Waals surface area contributed by atoms with E-state index in [-0.39, 0.29) is 22.7 Å². The van der Waals surface area contributed by atoms with Crippen LogP contribution in [0.1, 0.15) is 50.7 Å². The Balaban J connectivity index is 1.66. The number of fused-ring (bicyclic) bond motifs is 1. The van der Waals surface area contributed by atoms with Crippen molar-refractivity contribution in [2.24, 2.45) is 5.41 Å². The van der Waals surface area contributed by atoms with E-state index in [1.807, 2.05) is 26.8 Å². The van der Waals surface area contributed by atoms with E-state index in [1.54, 1.807) is 18.2 Å². The van der Waals surface area contributed by atoms with Crippen molar-refractivity contribution in [2.45, 2.75) is 46.0 Å². The van der Waals surface area contributed by atoms with Crippen LogP contribution < -0.4 is 4.74 Å². The smallest absolute Gasteiger partial charge is 0.279 e. The van der Waals surface area contributed by atoms with Gasteiger partial charge in [0.1, 0.15) is 23.2 Å². The largest absolute Gasteiger partial charge is 0.431 e. The Kier molecular flexibility index (Phi) is 5.35. The maximum Gasteiger partial charge on any atom is 0.279 e. The molecular formula is C23H22N2O5S. The lowest BCUT2D eigenvalue weighted by Crippen LogP contribution is -2.36. The number of ether oxygens (including phenoxy) is 1. The van der Waals surface area contributed by atoms with Crippen LogP contribution in [-0.4, -0.2) is 21.5 Å². The zero-order chi connectivity index (χ0) is 22.3. The van der Waals surface area contributed by atoms with E-state index in [0.29, 0.717) is 46.0 Å². The van der Waals surface area contributed by atoms with E-state index in [4.69, 9.17) is 4.74 Å². The van der Waals surface area contributed by atoms with Crippen molar-refractivity contribution in [2.75, 3.05) is 0 Å². The molecule has 0 amide bonds. The van der Waals surface area contributed by atoms with Gasteiger partial charge in [0.2, 0.25) is 0 Å². The number of nitrogens with zero attached hydrogens (tertiary/aromatic N) is 2. The summed E-state index contributed by atoms with van der Waals surface area (Å²) in [6.07, 6.45) is 1.43. The van der Waals surface area contributed by atoms with Gasteiger partial charge in [0.05, 0.1) is 15.1 Å². The highest BCUT2D eigenvalue weighted by Crippen LogP contribution is 2.41. The van der Waals surface area contributed by atoms with E-state index >= 15 is 0 Å². The molecule has 7 nitrogen and oxygen atoms in total. The van der Waals surface area contributed by atoms with Gasteiger partial charge >= 0.3 is 0 Å². The fraction of sp³-hybridized carbons (Fsp3) is 0.348. The number of aryl methyl sites for hydroxylation is 1. The van der Waals surface area contributed by atoms with Crippen molar-refractivity contribution in [3.05, 3.63) is 57.6 Å². The SMILES string of the molecule is CCc1ccc(Oc2nc3ccc([N+](=O)[O-])cc3s2)cc1C1C(=O)CC(C)(C)CC1=O. The summed E-state index contributed by atoms with van der Waals surface area (Å²) in [5, 5.41) is 11.3. The topological polar surface area (TPSA) is 99.4 Å². The van der Waals surface area contributed by atoms with Gasteiger partial charge in [-0.15, -0.1) is 0 Å². The molecule has 0 saturated heterocycles. The van der Waals surface area contributed by atoms with Crippen LogP contribution >= 0.6 is 11.3 Å². The van der Waals surface area contributed by atoms with Crippen molar-refractivity contribution < 1.29 is 19.2 Å². The molecule has 1 fully saturated rings. The highest BCUT2D eigenvalue weighted by molar-refractivity contribution is 7.20. The van der Waals surface area contributed by atoms with Gasteiger partial charge in [0, 0.05) is 25.0 Å². The third kappa shape index (κ3) is 4.20. The molecule has 8 heteroatoms. The molecule has 160 valence electrons. The number of non-ortho nitro benzene ring substituents is 1. The standard InChI is InChI=1S/C23H22N2O5S/c1-4-13-5-7-15(10-16(13)21-18(26)11-23(2,3)12-19(21)27)30-22-24-17-8-6-14(25(28)29)9-20(17)31-22/h5-10,21H,4,11-12H2,1-3H3. The number of hydrogen-bond donors (Lipinski definition) is 0. The second-order valence-corrected chi connectivity index (χ2v) is 9.58. The second kappa shape index (κ2) is 7.85. The van der Waals surface area contributed by atoms with E-state index in [1.165, 1.54) is 23.5 Å². The molecule has 0 aliphatic heterocycles. The van der Waals surface area contributed by atoms with Crippen LogP contribution in [0.4, 0.5) is 5.69 Å². The quantitative estimate of drug-likeness (QED) is 0.292. The lowest BCUT2D eigenvalue weighted by Gasteiger charge is -2.33. The average Bonchev–Trinajstić information content (AvgIpc) is 3.08. The summed E-state index contributed by atoms with van der Waals surface area (Å²) in [5.74, 6) is -0.392. The molecule has 0 unspecified atom stereocenters. The van der Waals surface area contributed by atoms with E-state index in [9.17, 15) is 19.7 Å². The maximum absolute atomic E-state index is 12.8. The van der Waals surface area contributed by atoms with Crippen molar-refractivity contribution in [3.8, 4) is 10.9 Å². The lowest BCUT2D eigenvalue weighted by atomic mass is 9.69. The van der Waals surface area contributed by atoms with Gasteiger partial charge in [0.25, 0.3) is 10.9 Å². The predicted molar refractivity (Wildman–Crippen MR) is 118 cm³/mol. The number of ketones is 2. The second-order valence-electron chi connectivity index (χ2n) is 8.59. The van der Waals surface area contributed by atoms with Gasteiger partial charge in [-0.2, -0.15) is 0 Å². The molecule has 0 radical (unpaired) electrons. The number of carbonyl (C=O) groups excluding carboxylic acids is 2. The predicted octanol–water partition coefficient (Wildman–Crippen LogP) is 5.60. The minimum absolute atomic E-state index is 0.00506. The summed E-state index contributed by atoms with van der Waals surface area (Å²) in [6, 6.07) is 9.88. The maximum atomic E-state index is 12.8. The molecule has 0 spiro atoms. The number of thiazole rings is 1. The number of rotatable bonds is 5. The van der Waals surface area contributed by atoms with Gasteiger partial charge in [-0.05, 0) is 41.2 Å². The minimum Gasteiger partial charge on any atom is -0.431 e. The first-order chi connectivity index (χ1) is 14.7. The fourth-order valence-corrected chi connectivity index (χ4v) is 4.98. The van der Waals surface area contributed by atoms with Crippen molar-refractivity contribution in [3.63, 3.8) is 0 Å². The highest BCUT2D eigenvalue weighted by atomic mass is 32.1. The van der Waals surface area contributed by atoms with Crippen molar-refractivity contribution in [1.29, 1.82) is 0 Å². The number of nitro benzene ring substituents is 1. The molecule has 1 aliphatic carbocycles. The molecule has 4 rings (SSSR count). The molecule has 3 aromatic rings. The number of carbonyl (C=O) groups is 2. The Bertz CT molecular complexity index is 1190. The minimum atomic E-state index is -0.760. The molecule has 2 aromatic carbocycles. The molecule has 0 N–H and O–H groups in total.